The van der Waals surface area contributed by atoms with Crippen LogP contribution in [-0.2, 0) is 0 Å². The first-order valence-corrected chi connectivity index (χ1v) is 13.0. The van der Waals surface area contributed by atoms with Crippen LogP contribution in [0, 0.1) is 0 Å². The molecule has 0 aliphatic heterocycles. The van der Waals surface area contributed by atoms with E-state index in [2.05, 4.69) is 36.4 Å². The van der Waals surface area contributed by atoms with E-state index in [1.807, 2.05) is 78.9 Å². The predicted molar refractivity (Wildman–Crippen MR) is 165 cm³/mol. The molecule has 1 nitrogen and oxygen atoms in total. The van der Waals surface area contributed by atoms with Crippen molar-refractivity contribution in [3.63, 3.8) is 0 Å². The molecule has 0 fully saturated rings. The van der Waals surface area contributed by atoms with Gasteiger partial charge in [0.2, 0.25) is 0 Å². The minimum Gasteiger partial charge on any atom is -0.456 e. The molecule has 0 radical (unpaired) electrons. The number of rotatable bonds is 3. The molecule has 182 valence electrons. The second-order valence-corrected chi connectivity index (χ2v) is 9.70. The fraction of sp³-hybridized carbons (Fsp3) is 0. The topological polar surface area (TPSA) is 13.1 Å². The first kappa shape index (κ1) is 17.4. The first-order chi connectivity index (χ1) is 21.4. The highest BCUT2D eigenvalue weighted by molar-refractivity contribution is 6.25. The molecular formula is C38H24O. The van der Waals surface area contributed by atoms with Crippen molar-refractivity contribution < 1.29 is 11.3 Å². The van der Waals surface area contributed by atoms with Crippen molar-refractivity contribution in [1.29, 1.82) is 0 Å². The summed E-state index contributed by atoms with van der Waals surface area (Å²) in [6.07, 6.45) is 0. The van der Waals surface area contributed by atoms with Crippen LogP contribution in [0.5, 0.6) is 0 Å². The lowest BCUT2D eigenvalue weighted by Crippen LogP contribution is -1.91. The van der Waals surface area contributed by atoms with Crippen molar-refractivity contribution in [3.8, 4) is 33.4 Å². The minimum absolute atomic E-state index is 0.204. The van der Waals surface area contributed by atoms with Gasteiger partial charge in [0.05, 0.1) is 6.85 Å². The van der Waals surface area contributed by atoms with Crippen molar-refractivity contribution in [3.05, 3.63) is 145 Å². The van der Waals surface area contributed by atoms with E-state index < -0.39 is 6.04 Å². The van der Waals surface area contributed by atoms with E-state index >= 15 is 0 Å². The van der Waals surface area contributed by atoms with Gasteiger partial charge in [0, 0.05) is 10.8 Å². The monoisotopic (exact) mass is 501 g/mol. The zero-order valence-electron chi connectivity index (χ0n) is 25.9. The summed E-state index contributed by atoms with van der Waals surface area (Å²) in [5, 5.41) is 5.50. The van der Waals surface area contributed by atoms with Gasteiger partial charge in [0.15, 0.2) is 0 Å². The molecule has 0 saturated carbocycles. The molecule has 0 aliphatic rings. The number of fused-ring (bicyclic) bond motifs is 5. The molecule has 0 unspecified atom stereocenters. The SMILES string of the molecule is [2H]c1c([2H])c([2H])c(-c2c3ccccc3c(-c3cccc4oc5cc(-c6ccccc6)ccc5c34)c3ccccc23)c([2H])c1[2H]. The average molecular weight is 502 g/mol. The van der Waals surface area contributed by atoms with E-state index in [4.69, 9.17) is 11.3 Å². The summed E-state index contributed by atoms with van der Waals surface area (Å²) in [5.41, 5.74) is 6.64. The van der Waals surface area contributed by atoms with Gasteiger partial charge in [-0.05, 0) is 73.1 Å². The predicted octanol–water partition coefficient (Wildman–Crippen LogP) is 10.9. The summed E-state index contributed by atoms with van der Waals surface area (Å²) in [7, 11) is 0. The van der Waals surface area contributed by atoms with Crippen LogP contribution in [0.15, 0.2) is 150 Å². The lowest BCUT2D eigenvalue weighted by atomic mass is 9.85. The molecule has 0 bridgehead atoms. The van der Waals surface area contributed by atoms with Gasteiger partial charge >= 0.3 is 0 Å². The highest BCUT2D eigenvalue weighted by atomic mass is 16.3. The maximum atomic E-state index is 8.81. The van der Waals surface area contributed by atoms with Gasteiger partial charge in [-0.1, -0.05) is 127 Å². The average Bonchev–Trinajstić information content (AvgIpc) is 3.45. The van der Waals surface area contributed by atoms with Crippen LogP contribution in [-0.4, -0.2) is 0 Å². The van der Waals surface area contributed by atoms with Crippen LogP contribution in [0.25, 0.3) is 76.9 Å². The summed E-state index contributed by atoms with van der Waals surface area (Å²) >= 11 is 0. The van der Waals surface area contributed by atoms with Crippen LogP contribution < -0.4 is 0 Å². The Morgan fingerprint density at radius 3 is 1.77 bits per heavy atom. The van der Waals surface area contributed by atoms with Crippen LogP contribution in [0.2, 0.25) is 0 Å². The Hall–Kier alpha value is -5.14. The molecule has 1 aromatic heterocycles. The van der Waals surface area contributed by atoms with E-state index in [1.54, 1.807) is 0 Å². The van der Waals surface area contributed by atoms with Crippen LogP contribution in [0.3, 0.4) is 0 Å². The van der Waals surface area contributed by atoms with Crippen molar-refractivity contribution in [2.75, 3.05) is 0 Å². The van der Waals surface area contributed by atoms with E-state index in [-0.39, 0.29) is 29.7 Å². The third kappa shape index (κ3) is 3.41. The van der Waals surface area contributed by atoms with Gasteiger partial charge in [-0.25, -0.2) is 0 Å². The maximum Gasteiger partial charge on any atom is 0.136 e. The Balaban J connectivity index is 1.49. The molecule has 8 aromatic rings. The van der Waals surface area contributed by atoms with Crippen molar-refractivity contribution in [1.82, 2.24) is 0 Å². The Labute approximate surface area is 233 Å². The summed E-state index contributed by atoms with van der Waals surface area (Å²) < 4.78 is 49.0. The van der Waals surface area contributed by atoms with Gasteiger partial charge in [-0.15, -0.1) is 0 Å². The molecule has 7 aromatic carbocycles. The Kier molecular flexibility index (Phi) is 3.89. The molecule has 8 rings (SSSR count). The first-order valence-electron chi connectivity index (χ1n) is 15.5. The fourth-order valence-corrected chi connectivity index (χ4v) is 5.91. The Bertz CT molecular complexity index is 2360. The Morgan fingerprint density at radius 2 is 1.08 bits per heavy atom. The smallest absolute Gasteiger partial charge is 0.136 e. The second-order valence-electron chi connectivity index (χ2n) is 9.70. The Morgan fingerprint density at radius 1 is 0.436 bits per heavy atom. The molecule has 0 spiro atoms. The van der Waals surface area contributed by atoms with Gasteiger partial charge in [0.25, 0.3) is 0 Å². The molecule has 39 heavy (non-hydrogen) atoms. The van der Waals surface area contributed by atoms with E-state index in [1.165, 1.54) is 0 Å². The summed E-state index contributed by atoms with van der Waals surface area (Å²) in [4.78, 5) is 0. The number of benzene rings is 7. The zero-order valence-corrected chi connectivity index (χ0v) is 20.9. The van der Waals surface area contributed by atoms with Crippen molar-refractivity contribution in [2.45, 2.75) is 0 Å². The zero-order chi connectivity index (χ0) is 30.1. The van der Waals surface area contributed by atoms with Crippen LogP contribution in [0.4, 0.5) is 0 Å². The summed E-state index contributed by atoms with van der Waals surface area (Å²) in [6.45, 7) is 0. The number of hydrogen-bond acceptors (Lipinski definition) is 1. The largest absolute Gasteiger partial charge is 0.456 e. The quantitative estimate of drug-likeness (QED) is 0.219. The molecule has 0 N–H and O–H groups in total. The molecule has 1 heteroatoms. The van der Waals surface area contributed by atoms with Crippen molar-refractivity contribution >= 4 is 43.5 Å². The van der Waals surface area contributed by atoms with E-state index in [9.17, 15) is 0 Å². The molecule has 0 atom stereocenters. The highest BCUT2D eigenvalue weighted by Gasteiger charge is 2.20. The standard InChI is InChI=1S/C38H24O/c1-3-12-25(13-4-1)27-22-23-32-35(24-27)39-34-21-11-20-33(38(32)34)37-30-18-9-7-16-28(30)36(26-14-5-2-6-15-26)29-17-8-10-19-31(29)37/h1-24H/i2D,5D,6D,14D,15D. The number of hydrogen-bond donors (Lipinski definition) is 0. The van der Waals surface area contributed by atoms with E-state index in [0.717, 1.165) is 65.7 Å². The highest BCUT2D eigenvalue weighted by Crippen LogP contribution is 2.46. The second kappa shape index (κ2) is 8.72. The maximum absolute atomic E-state index is 8.81. The molecule has 0 amide bonds. The summed E-state index contributed by atoms with van der Waals surface area (Å²) in [5.74, 6) is 0. The molecular weight excluding hydrogens is 472 g/mol. The summed E-state index contributed by atoms with van der Waals surface area (Å²) in [6, 6.07) is 37.0. The van der Waals surface area contributed by atoms with Crippen molar-refractivity contribution in [2.24, 2.45) is 0 Å². The third-order valence-corrected chi connectivity index (χ3v) is 7.56. The van der Waals surface area contributed by atoms with Gasteiger partial charge in [-0.3, -0.25) is 0 Å². The van der Waals surface area contributed by atoms with Gasteiger partial charge in [-0.2, -0.15) is 0 Å². The lowest BCUT2D eigenvalue weighted by Gasteiger charge is -2.18. The van der Waals surface area contributed by atoms with Gasteiger partial charge < -0.3 is 4.42 Å². The molecule has 0 aliphatic carbocycles. The van der Waals surface area contributed by atoms with E-state index in [0.29, 0.717) is 5.56 Å². The third-order valence-electron chi connectivity index (χ3n) is 7.56. The normalized spacial score (nSPS) is 13.4. The molecule has 1 heterocycles. The lowest BCUT2D eigenvalue weighted by molar-refractivity contribution is 0.669. The minimum atomic E-state index is -0.400. The van der Waals surface area contributed by atoms with Crippen LogP contribution >= 0.6 is 0 Å². The van der Waals surface area contributed by atoms with Crippen LogP contribution in [0.1, 0.15) is 6.85 Å². The van der Waals surface area contributed by atoms with Gasteiger partial charge in [0.1, 0.15) is 11.2 Å². The fourth-order valence-electron chi connectivity index (χ4n) is 5.91. The number of furan rings is 1. The molecule has 0 saturated heterocycles.